The third-order valence-corrected chi connectivity index (χ3v) is 2.65. The van der Waals surface area contributed by atoms with Crippen LogP contribution in [0.15, 0.2) is 12.1 Å². The van der Waals surface area contributed by atoms with Gasteiger partial charge in [0.2, 0.25) is 5.91 Å². The van der Waals surface area contributed by atoms with E-state index in [1.165, 1.54) is 0 Å². The second-order valence-corrected chi connectivity index (χ2v) is 4.16. The van der Waals surface area contributed by atoms with E-state index >= 15 is 0 Å². The lowest BCUT2D eigenvalue weighted by molar-refractivity contribution is -0.133. The van der Waals surface area contributed by atoms with Gasteiger partial charge >= 0.3 is 5.97 Å². The fourth-order valence-electron chi connectivity index (χ4n) is 1.07. The Labute approximate surface area is 104 Å². The van der Waals surface area contributed by atoms with Gasteiger partial charge in [-0.2, -0.15) is 0 Å². The molecule has 1 aromatic carbocycles. The number of rotatable bonds is 5. The van der Waals surface area contributed by atoms with Gasteiger partial charge in [-0.3, -0.25) is 9.59 Å². The smallest absolute Gasteiger partial charge is 0.313 e. The van der Waals surface area contributed by atoms with Crippen LogP contribution in [0.25, 0.3) is 0 Å². The fraction of sp³-hybridized carbons (Fsp3) is 0.200. The summed E-state index contributed by atoms with van der Waals surface area (Å²) in [6.07, 6.45) is 0. The molecule has 0 aliphatic heterocycles. The number of hydrogen-bond acceptors (Lipinski definition) is 3. The Morgan fingerprint density at radius 3 is 2.22 bits per heavy atom. The second kappa shape index (κ2) is 6.29. The maximum absolute atomic E-state index is 13.1. The van der Waals surface area contributed by atoms with E-state index in [0.717, 1.165) is 11.8 Å². The van der Waals surface area contributed by atoms with E-state index in [1.54, 1.807) is 0 Å². The quantitative estimate of drug-likeness (QED) is 0.863. The molecule has 4 nitrogen and oxygen atoms in total. The predicted octanol–water partition coefficient (Wildman–Crippen LogP) is 1.86. The number of benzene rings is 1. The maximum atomic E-state index is 13.1. The standard InChI is InChI=1S/C10H8F3NO3S/c11-5-1-6(12)10(7(13)2-5)14-8(15)3-18-4-9(16)17/h1-2H,3-4H2,(H,14,15)(H,16,17). The summed E-state index contributed by atoms with van der Waals surface area (Å²) >= 11 is 0.773. The number of thioether (sulfide) groups is 1. The van der Waals surface area contributed by atoms with Crippen molar-refractivity contribution in [1.82, 2.24) is 0 Å². The largest absolute Gasteiger partial charge is 0.481 e. The number of carbonyl (C=O) groups is 2. The lowest BCUT2D eigenvalue weighted by Gasteiger charge is -2.07. The molecule has 98 valence electrons. The van der Waals surface area contributed by atoms with Crippen molar-refractivity contribution < 1.29 is 27.9 Å². The average Bonchev–Trinajstić information content (AvgIpc) is 2.22. The average molecular weight is 279 g/mol. The van der Waals surface area contributed by atoms with E-state index in [0.29, 0.717) is 12.1 Å². The number of halogens is 3. The van der Waals surface area contributed by atoms with Crippen LogP contribution in [-0.4, -0.2) is 28.5 Å². The molecule has 1 amide bonds. The summed E-state index contributed by atoms with van der Waals surface area (Å²) in [5, 5.41) is 10.2. The van der Waals surface area contributed by atoms with E-state index < -0.39 is 35.0 Å². The summed E-state index contributed by atoms with van der Waals surface area (Å²) in [5.41, 5.74) is -0.752. The highest BCUT2D eigenvalue weighted by atomic mass is 32.2. The summed E-state index contributed by atoms with van der Waals surface area (Å²) in [6.45, 7) is 0. The molecule has 0 aliphatic carbocycles. The summed E-state index contributed by atoms with van der Waals surface area (Å²) in [6, 6.07) is 0.867. The Kier molecular flexibility index (Phi) is 5.02. The molecule has 18 heavy (non-hydrogen) atoms. The SMILES string of the molecule is O=C(O)CSCC(=O)Nc1c(F)cc(F)cc1F. The molecule has 0 saturated carbocycles. The number of nitrogens with one attached hydrogen (secondary N) is 1. The van der Waals surface area contributed by atoms with Crippen LogP contribution in [-0.2, 0) is 9.59 Å². The van der Waals surface area contributed by atoms with Crippen LogP contribution < -0.4 is 5.32 Å². The molecule has 0 heterocycles. The first kappa shape index (κ1) is 14.4. The first-order chi connectivity index (χ1) is 8.40. The molecular formula is C10H8F3NO3S. The number of aliphatic carboxylic acids is 1. The van der Waals surface area contributed by atoms with Gasteiger partial charge in [-0.1, -0.05) is 0 Å². The normalized spacial score (nSPS) is 10.2. The van der Waals surface area contributed by atoms with Crippen molar-refractivity contribution in [2.45, 2.75) is 0 Å². The molecule has 0 fully saturated rings. The van der Waals surface area contributed by atoms with Gasteiger partial charge in [-0.15, -0.1) is 11.8 Å². The van der Waals surface area contributed by atoms with Crippen LogP contribution in [0.3, 0.4) is 0 Å². The van der Waals surface area contributed by atoms with Crippen molar-refractivity contribution in [3.63, 3.8) is 0 Å². The van der Waals surface area contributed by atoms with Crippen LogP contribution in [0, 0.1) is 17.5 Å². The Morgan fingerprint density at radius 2 is 1.72 bits per heavy atom. The van der Waals surface area contributed by atoms with Crippen LogP contribution in [0.4, 0.5) is 18.9 Å². The summed E-state index contributed by atoms with van der Waals surface area (Å²) < 4.78 is 38.8. The first-order valence-corrected chi connectivity index (χ1v) is 5.79. The molecule has 0 radical (unpaired) electrons. The number of carboxylic acid groups (broad SMARTS) is 1. The zero-order valence-electron chi connectivity index (χ0n) is 8.87. The molecule has 0 atom stereocenters. The Balaban J connectivity index is 2.62. The van der Waals surface area contributed by atoms with Gasteiger partial charge in [0.1, 0.15) is 11.5 Å². The highest BCUT2D eigenvalue weighted by Crippen LogP contribution is 2.20. The molecule has 1 rings (SSSR count). The molecule has 0 saturated heterocycles. The molecule has 2 N–H and O–H groups in total. The third-order valence-electron chi connectivity index (χ3n) is 1.73. The van der Waals surface area contributed by atoms with E-state index in [4.69, 9.17) is 5.11 Å². The minimum absolute atomic E-state index is 0.275. The van der Waals surface area contributed by atoms with Gasteiger partial charge in [0.05, 0.1) is 11.5 Å². The topological polar surface area (TPSA) is 66.4 Å². The van der Waals surface area contributed by atoms with E-state index in [-0.39, 0.29) is 11.5 Å². The van der Waals surface area contributed by atoms with Crippen molar-refractivity contribution in [3.05, 3.63) is 29.6 Å². The van der Waals surface area contributed by atoms with Crippen LogP contribution >= 0.6 is 11.8 Å². The molecule has 0 aromatic heterocycles. The van der Waals surface area contributed by atoms with Crippen LogP contribution in [0.1, 0.15) is 0 Å². The number of carboxylic acids is 1. The minimum atomic E-state index is -1.23. The van der Waals surface area contributed by atoms with E-state index in [9.17, 15) is 22.8 Å². The minimum Gasteiger partial charge on any atom is -0.481 e. The van der Waals surface area contributed by atoms with Crippen molar-refractivity contribution in [2.24, 2.45) is 0 Å². The highest BCUT2D eigenvalue weighted by molar-refractivity contribution is 8.00. The molecule has 0 bridgehead atoms. The van der Waals surface area contributed by atoms with E-state index in [1.807, 2.05) is 5.32 Å². The lowest BCUT2D eigenvalue weighted by atomic mass is 10.3. The molecule has 1 aromatic rings. The Hall–Kier alpha value is -1.70. The summed E-state index contributed by atoms with van der Waals surface area (Å²) in [7, 11) is 0. The van der Waals surface area contributed by atoms with Gasteiger partial charge < -0.3 is 10.4 Å². The number of anilines is 1. The fourth-order valence-corrected chi connectivity index (χ4v) is 1.60. The third kappa shape index (κ3) is 4.28. The molecule has 0 aliphatic rings. The Bertz CT molecular complexity index is 458. The molecular weight excluding hydrogens is 271 g/mol. The van der Waals surface area contributed by atoms with Gasteiger partial charge in [-0.05, 0) is 0 Å². The number of hydrogen-bond donors (Lipinski definition) is 2. The Morgan fingerprint density at radius 1 is 1.17 bits per heavy atom. The predicted molar refractivity (Wildman–Crippen MR) is 59.9 cm³/mol. The van der Waals surface area contributed by atoms with Crippen molar-refractivity contribution in [1.29, 1.82) is 0 Å². The highest BCUT2D eigenvalue weighted by Gasteiger charge is 2.14. The van der Waals surface area contributed by atoms with Crippen LogP contribution in [0.2, 0.25) is 0 Å². The second-order valence-electron chi connectivity index (χ2n) is 3.18. The summed E-state index contributed by atoms with van der Waals surface area (Å²) in [4.78, 5) is 21.4. The van der Waals surface area contributed by atoms with E-state index in [2.05, 4.69) is 0 Å². The van der Waals surface area contributed by atoms with Crippen molar-refractivity contribution in [2.75, 3.05) is 16.8 Å². The number of amides is 1. The van der Waals surface area contributed by atoms with Gasteiger partial charge in [0.15, 0.2) is 11.6 Å². The van der Waals surface area contributed by atoms with Crippen LogP contribution in [0.5, 0.6) is 0 Å². The zero-order chi connectivity index (χ0) is 13.7. The van der Waals surface area contributed by atoms with Gasteiger partial charge in [0, 0.05) is 12.1 Å². The summed E-state index contributed by atoms with van der Waals surface area (Å²) in [5.74, 6) is -6.02. The van der Waals surface area contributed by atoms with Gasteiger partial charge in [-0.25, -0.2) is 13.2 Å². The maximum Gasteiger partial charge on any atom is 0.313 e. The molecule has 8 heteroatoms. The molecule has 0 spiro atoms. The lowest BCUT2D eigenvalue weighted by Crippen LogP contribution is -2.17. The zero-order valence-corrected chi connectivity index (χ0v) is 9.69. The number of carbonyl (C=O) groups excluding carboxylic acids is 1. The monoisotopic (exact) mass is 279 g/mol. The van der Waals surface area contributed by atoms with Crippen molar-refractivity contribution in [3.8, 4) is 0 Å². The first-order valence-electron chi connectivity index (χ1n) is 4.64. The van der Waals surface area contributed by atoms with Crippen molar-refractivity contribution >= 4 is 29.3 Å². The molecule has 0 unspecified atom stereocenters. The van der Waals surface area contributed by atoms with Gasteiger partial charge in [0.25, 0.3) is 0 Å².